The molecule has 1 aliphatic rings. The Hall–Kier alpha value is -4.51. The summed E-state index contributed by atoms with van der Waals surface area (Å²) in [6.45, 7) is 3.84. The van der Waals surface area contributed by atoms with E-state index in [1.54, 1.807) is 24.3 Å². The minimum absolute atomic E-state index is 0.00622. The van der Waals surface area contributed by atoms with Gasteiger partial charge in [-0.05, 0) is 49.7 Å². The van der Waals surface area contributed by atoms with E-state index in [1.807, 2.05) is 6.07 Å². The van der Waals surface area contributed by atoms with Gasteiger partial charge < -0.3 is 14.8 Å². The van der Waals surface area contributed by atoms with Crippen LogP contribution in [0.5, 0.6) is 0 Å². The number of hydrogen-bond donors (Lipinski definition) is 1. The van der Waals surface area contributed by atoms with Gasteiger partial charge in [0.15, 0.2) is 12.1 Å². The van der Waals surface area contributed by atoms with Crippen LogP contribution in [0.15, 0.2) is 60.8 Å². The van der Waals surface area contributed by atoms with Gasteiger partial charge in [-0.1, -0.05) is 120 Å². The number of ether oxygens (including phenoxy) is 2. The predicted octanol–water partition coefficient (Wildman–Crippen LogP) is 8.72. The first-order chi connectivity index (χ1) is 24.7. The number of Topliss-reactive ketones (excluding diaryl/α,β-unsaturated/α-hetero) is 1. The summed E-state index contributed by atoms with van der Waals surface area (Å²) in [5, 5.41) is 6.85. The van der Waals surface area contributed by atoms with Gasteiger partial charge in [-0.15, -0.1) is 0 Å². The zero-order valence-corrected chi connectivity index (χ0v) is 30.4. The number of rotatable bonds is 22. The van der Waals surface area contributed by atoms with E-state index in [1.165, 1.54) is 113 Å². The third-order valence-electron chi connectivity index (χ3n) is 8.87. The summed E-state index contributed by atoms with van der Waals surface area (Å²) in [5.41, 5.74) is 0.622. The summed E-state index contributed by atoms with van der Waals surface area (Å²) in [6, 6.07) is 12.6. The molecular formula is C39H49ClN4O7. The van der Waals surface area contributed by atoms with Gasteiger partial charge in [-0.2, -0.15) is 5.10 Å². The Bertz CT molecular complexity index is 1630. The van der Waals surface area contributed by atoms with Crippen molar-refractivity contribution in [1.82, 2.24) is 14.7 Å². The van der Waals surface area contributed by atoms with Crippen LogP contribution in [0.25, 0.3) is 5.69 Å². The molecule has 4 rings (SSSR count). The van der Waals surface area contributed by atoms with Crippen LogP contribution in [0.3, 0.4) is 0 Å². The molecule has 1 aliphatic heterocycles. The molecule has 0 bridgehead atoms. The highest BCUT2D eigenvalue weighted by molar-refractivity contribution is 6.34. The van der Waals surface area contributed by atoms with Gasteiger partial charge in [0.2, 0.25) is 5.78 Å². The van der Waals surface area contributed by atoms with Gasteiger partial charge in [-0.3, -0.25) is 14.4 Å². The van der Waals surface area contributed by atoms with Gasteiger partial charge in [-0.25, -0.2) is 19.2 Å². The van der Waals surface area contributed by atoms with Crippen molar-refractivity contribution in [3.8, 4) is 5.69 Å². The van der Waals surface area contributed by atoms with Crippen molar-refractivity contribution in [1.29, 1.82) is 0 Å². The second-order valence-corrected chi connectivity index (χ2v) is 13.3. The normalized spacial score (nSPS) is 14.7. The Morgan fingerprint density at radius 1 is 0.863 bits per heavy atom. The minimum Gasteiger partial charge on any atom is -0.462 e. The van der Waals surface area contributed by atoms with E-state index in [4.69, 9.17) is 21.1 Å². The molecule has 3 aromatic rings. The zero-order valence-electron chi connectivity index (χ0n) is 29.6. The van der Waals surface area contributed by atoms with E-state index < -0.39 is 41.8 Å². The molecule has 274 valence electrons. The first kappa shape index (κ1) is 39.3. The van der Waals surface area contributed by atoms with Gasteiger partial charge in [0.1, 0.15) is 5.69 Å². The number of nitrogens with zero attached hydrogens (tertiary/aromatic N) is 3. The van der Waals surface area contributed by atoms with Crippen molar-refractivity contribution < 1.29 is 33.4 Å². The average Bonchev–Trinajstić information content (AvgIpc) is 3.72. The van der Waals surface area contributed by atoms with Crippen LogP contribution < -0.4 is 5.32 Å². The largest absolute Gasteiger partial charge is 0.462 e. The summed E-state index contributed by atoms with van der Waals surface area (Å²) in [6.07, 6.45) is 16.3. The Morgan fingerprint density at radius 2 is 1.47 bits per heavy atom. The number of halogens is 1. The van der Waals surface area contributed by atoms with Crippen molar-refractivity contribution in [3.63, 3.8) is 0 Å². The SMILES string of the molecule is CCCCCCCCCCCCCCCCOC(=O)c1ccc(Cl)c(NC(=O)C(C(=O)c2ccn(-c3ccccc3)n2)N2C(=O)OC(C)C2=O)c1. The number of amides is 3. The van der Waals surface area contributed by atoms with E-state index in [0.717, 1.165) is 19.3 Å². The maximum absolute atomic E-state index is 13.7. The number of carbonyl (C=O) groups excluding carboxylic acids is 5. The molecule has 2 unspecified atom stereocenters. The van der Waals surface area contributed by atoms with Gasteiger partial charge in [0.05, 0.1) is 28.6 Å². The fourth-order valence-corrected chi connectivity index (χ4v) is 6.11. The molecule has 51 heavy (non-hydrogen) atoms. The zero-order chi connectivity index (χ0) is 36.6. The second kappa shape index (κ2) is 20.4. The number of nitrogens with one attached hydrogen (secondary N) is 1. The predicted molar refractivity (Wildman–Crippen MR) is 195 cm³/mol. The Kier molecular flexibility index (Phi) is 15.7. The Morgan fingerprint density at radius 3 is 2.06 bits per heavy atom. The lowest BCUT2D eigenvalue weighted by molar-refractivity contribution is -0.133. The number of hydrogen-bond acceptors (Lipinski definition) is 8. The van der Waals surface area contributed by atoms with Gasteiger partial charge in [0.25, 0.3) is 11.8 Å². The average molecular weight is 721 g/mol. The van der Waals surface area contributed by atoms with Crippen molar-refractivity contribution >= 4 is 46.9 Å². The van der Waals surface area contributed by atoms with E-state index in [-0.39, 0.29) is 28.6 Å². The number of ketones is 1. The number of anilines is 1. The summed E-state index contributed by atoms with van der Waals surface area (Å²) >= 11 is 6.36. The van der Waals surface area contributed by atoms with E-state index in [2.05, 4.69) is 17.3 Å². The highest BCUT2D eigenvalue weighted by atomic mass is 35.5. The lowest BCUT2D eigenvalue weighted by atomic mass is 10.0. The molecule has 3 amide bonds. The molecule has 1 saturated heterocycles. The number of unbranched alkanes of at least 4 members (excludes halogenated alkanes) is 13. The minimum atomic E-state index is -1.96. The first-order valence-corrected chi connectivity index (χ1v) is 18.6. The number of benzene rings is 2. The molecule has 1 aromatic heterocycles. The van der Waals surface area contributed by atoms with Crippen molar-refractivity contribution in [2.24, 2.45) is 0 Å². The smallest absolute Gasteiger partial charge is 0.418 e. The maximum Gasteiger partial charge on any atom is 0.418 e. The summed E-state index contributed by atoms with van der Waals surface area (Å²) in [7, 11) is 0. The van der Waals surface area contributed by atoms with Gasteiger partial charge >= 0.3 is 12.1 Å². The molecule has 1 fully saturated rings. The van der Waals surface area contributed by atoms with Crippen LogP contribution >= 0.6 is 11.6 Å². The molecule has 2 atom stereocenters. The van der Waals surface area contributed by atoms with Crippen molar-refractivity contribution in [2.75, 3.05) is 11.9 Å². The number of cyclic esters (lactones) is 1. The molecular weight excluding hydrogens is 672 g/mol. The molecule has 2 aromatic carbocycles. The fraction of sp³-hybridized carbons (Fsp3) is 0.487. The number of esters is 1. The molecule has 0 radical (unpaired) electrons. The molecule has 0 aliphatic carbocycles. The number of para-hydroxylation sites is 1. The van der Waals surface area contributed by atoms with E-state index in [0.29, 0.717) is 10.6 Å². The Balaban J connectivity index is 1.29. The van der Waals surface area contributed by atoms with Crippen LogP contribution in [0.2, 0.25) is 5.02 Å². The van der Waals surface area contributed by atoms with Crippen LogP contribution in [0.1, 0.15) is 125 Å². The van der Waals surface area contributed by atoms with Crippen LogP contribution in [0.4, 0.5) is 10.5 Å². The molecule has 2 heterocycles. The number of aromatic nitrogens is 2. The molecule has 0 saturated carbocycles. The van der Waals surface area contributed by atoms with Crippen molar-refractivity contribution in [2.45, 2.75) is 116 Å². The monoisotopic (exact) mass is 720 g/mol. The van der Waals surface area contributed by atoms with E-state index in [9.17, 15) is 24.0 Å². The lowest BCUT2D eigenvalue weighted by Gasteiger charge is -2.22. The maximum atomic E-state index is 13.7. The first-order valence-electron chi connectivity index (χ1n) is 18.2. The Labute approximate surface area is 305 Å². The molecule has 0 spiro atoms. The number of carbonyl (C=O) groups is 5. The summed E-state index contributed by atoms with van der Waals surface area (Å²) < 4.78 is 11.9. The van der Waals surface area contributed by atoms with Crippen LogP contribution in [0, 0.1) is 0 Å². The highest BCUT2D eigenvalue weighted by Crippen LogP contribution is 2.26. The lowest BCUT2D eigenvalue weighted by Crippen LogP contribution is -2.52. The van der Waals surface area contributed by atoms with Crippen LogP contribution in [-0.2, 0) is 19.1 Å². The molecule has 1 N–H and O–H groups in total. The topological polar surface area (TPSA) is 137 Å². The van der Waals surface area contributed by atoms with Crippen molar-refractivity contribution in [3.05, 3.63) is 77.1 Å². The van der Waals surface area contributed by atoms with Gasteiger partial charge in [0, 0.05) is 6.20 Å². The second-order valence-electron chi connectivity index (χ2n) is 12.9. The van der Waals surface area contributed by atoms with Crippen LogP contribution in [-0.4, -0.2) is 63.1 Å². The summed E-state index contributed by atoms with van der Waals surface area (Å²) in [5.74, 6) is -3.41. The molecule has 11 nitrogen and oxygen atoms in total. The quantitative estimate of drug-likeness (QED) is 0.0471. The van der Waals surface area contributed by atoms with E-state index >= 15 is 0 Å². The highest BCUT2D eigenvalue weighted by Gasteiger charge is 2.49. The number of imide groups is 1. The molecule has 12 heteroatoms. The standard InChI is InChI=1S/C39H49ClN4O7/c1-3-4-5-6-7-8-9-10-11-12-13-14-15-19-26-50-38(48)29-22-23-31(40)33(27-29)41-36(46)34(44-37(47)28(2)51-39(44)49)35(45)32-24-25-43(42-32)30-20-17-16-18-21-30/h16-18,20-25,27-28,34H,3-15,19,26H2,1-2H3,(H,41,46). The third-order valence-corrected chi connectivity index (χ3v) is 9.20. The summed E-state index contributed by atoms with van der Waals surface area (Å²) in [4.78, 5) is 66.4. The fourth-order valence-electron chi connectivity index (χ4n) is 5.94. The third kappa shape index (κ3) is 11.5.